The Morgan fingerprint density at radius 3 is 2.52 bits per heavy atom. The van der Waals surface area contributed by atoms with Gasteiger partial charge in [0, 0.05) is 40.0 Å². The summed E-state index contributed by atoms with van der Waals surface area (Å²) in [7, 11) is 0. The van der Waals surface area contributed by atoms with E-state index < -0.39 is 11.8 Å². The van der Waals surface area contributed by atoms with E-state index in [1.165, 1.54) is 12.1 Å². The second kappa shape index (κ2) is 8.11. The number of Topliss-reactive ketones (excluding diaryl/α,β-unsaturated/α-hetero) is 1. The van der Waals surface area contributed by atoms with Crippen LogP contribution in [0.5, 0.6) is 0 Å². The molecule has 2 atom stereocenters. The quantitative estimate of drug-likeness (QED) is 0.631. The van der Waals surface area contributed by atoms with Crippen molar-refractivity contribution >= 4 is 39.1 Å². The Morgan fingerprint density at radius 2 is 1.87 bits per heavy atom. The van der Waals surface area contributed by atoms with E-state index in [0.29, 0.717) is 29.9 Å². The summed E-state index contributed by atoms with van der Waals surface area (Å²) in [5.74, 6) is -1.47. The topological polar surface area (TPSA) is 71.4 Å². The molecule has 0 radical (unpaired) electrons. The molecule has 160 valence electrons. The average Bonchev–Trinajstić information content (AvgIpc) is 2.68. The SMILES string of the molecule is CC1=NC2=C(C(=O)CC(C)(C)C2)[C@@H](c2ccc(F)cc2)C1C(=O)Nc1ccc(Br)cn1. The van der Waals surface area contributed by atoms with Crippen LogP contribution in [0.25, 0.3) is 0 Å². The number of pyridine rings is 1. The number of benzene rings is 1. The number of halogens is 2. The number of anilines is 1. The lowest BCUT2D eigenvalue weighted by atomic mass is 9.66. The third kappa shape index (κ3) is 4.37. The van der Waals surface area contributed by atoms with Crippen LogP contribution < -0.4 is 5.32 Å². The number of aliphatic imine (C=N–C) groups is 1. The van der Waals surface area contributed by atoms with Crippen molar-refractivity contribution in [3.8, 4) is 0 Å². The van der Waals surface area contributed by atoms with Crippen molar-refractivity contribution in [3.63, 3.8) is 0 Å². The number of allylic oxidation sites excluding steroid dienone is 2. The number of nitrogens with one attached hydrogen (secondary N) is 1. The van der Waals surface area contributed by atoms with Crippen LogP contribution in [0.1, 0.15) is 45.1 Å². The summed E-state index contributed by atoms with van der Waals surface area (Å²) >= 11 is 3.33. The molecule has 1 aliphatic carbocycles. The molecule has 0 saturated heterocycles. The highest BCUT2D eigenvalue weighted by Gasteiger charge is 2.45. The Balaban J connectivity index is 1.78. The molecule has 1 aromatic carbocycles. The summed E-state index contributed by atoms with van der Waals surface area (Å²) in [5.41, 5.74) is 2.47. The summed E-state index contributed by atoms with van der Waals surface area (Å²) in [6.07, 6.45) is 2.65. The molecule has 5 nitrogen and oxygen atoms in total. The minimum atomic E-state index is -0.695. The number of rotatable bonds is 3. The summed E-state index contributed by atoms with van der Waals surface area (Å²) in [5, 5.41) is 2.85. The van der Waals surface area contributed by atoms with Gasteiger partial charge in [-0.3, -0.25) is 14.6 Å². The van der Waals surface area contributed by atoms with E-state index in [4.69, 9.17) is 4.99 Å². The molecule has 1 aliphatic heterocycles. The number of nitrogens with zero attached hydrogens (tertiary/aromatic N) is 2. The van der Waals surface area contributed by atoms with Crippen LogP contribution in [-0.4, -0.2) is 22.4 Å². The highest BCUT2D eigenvalue weighted by atomic mass is 79.9. The van der Waals surface area contributed by atoms with Crippen molar-refractivity contribution in [2.75, 3.05) is 5.32 Å². The normalized spacial score (nSPS) is 22.6. The molecule has 0 fully saturated rings. The highest BCUT2D eigenvalue weighted by molar-refractivity contribution is 9.10. The van der Waals surface area contributed by atoms with Crippen molar-refractivity contribution in [2.45, 2.75) is 39.5 Å². The van der Waals surface area contributed by atoms with Gasteiger partial charge in [0.25, 0.3) is 0 Å². The molecular formula is C24H23BrFN3O2. The molecule has 2 aliphatic rings. The van der Waals surface area contributed by atoms with Crippen molar-refractivity contribution in [2.24, 2.45) is 16.3 Å². The van der Waals surface area contributed by atoms with Crippen LogP contribution in [0.2, 0.25) is 0 Å². The molecule has 0 saturated carbocycles. The fraction of sp³-hybridized carbons (Fsp3) is 0.333. The molecule has 1 N–H and O–H groups in total. The van der Waals surface area contributed by atoms with E-state index in [9.17, 15) is 14.0 Å². The van der Waals surface area contributed by atoms with Gasteiger partial charge in [-0.15, -0.1) is 0 Å². The molecule has 4 rings (SSSR count). The standard InChI is InChI=1S/C24H23BrFN3O2/c1-13-20(23(31)29-19-9-6-15(25)12-27-19)21(14-4-7-16(26)8-5-14)22-17(28-13)10-24(2,3)11-18(22)30/h4-9,12,20-21H,10-11H2,1-3H3,(H,27,29,31)/t20?,21-/m0/s1. The summed E-state index contributed by atoms with van der Waals surface area (Å²) in [6.45, 7) is 5.90. The fourth-order valence-electron chi connectivity index (χ4n) is 4.47. The number of aromatic nitrogens is 1. The Morgan fingerprint density at radius 1 is 1.16 bits per heavy atom. The zero-order valence-electron chi connectivity index (χ0n) is 17.6. The van der Waals surface area contributed by atoms with Crippen LogP contribution in [0.3, 0.4) is 0 Å². The molecule has 0 bridgehead atoms. The predicted octanol–water partition coefficient (Wildman–Crippen LogP) is 5.44. The minimum absolute atomic E-state index is 0.00334. The summed E-state index contributed by atoms with van der Waals surface area (Å²) in [4.78, 5) is 35.5. The van der Waals surface area contributed by atoms with Crippen molar-refractivity contribution in [1.29, 1.82) is 0 Å². The minimum Gasteiger partial charge on any atom is -0.310 e. The monoisotopic (exact) mass is 483 g/mol. The van der Waals surface area contributed by atoms with E-state index in [0.717, 1.165) is 15.7 Å². The first kappa shape index (κ1) is 21.6. The Bertz CT molecular complexity index is 1100. The average molecular weight is 484 g/mol. The second-order valence-corrected chi connectivity index (χ2v) is 9.83. The van der Waals surface area contributed by atoms with Crippen LogP contribution in [0.4, 0.5) is 10.2 Å². The predicted molar refractivity (Wildman–Crippen MR) is 121 cm³/mol. The molecule has 2 heterocycles. The van der Waals surface area contributed by atoms with E-state index >= 15 is 0 Å². The van der Waals surface area contributed by atoms with E-state index in [1.54, 1.807) is 30.5 Å². The van der Waals surface area contributed by atoms with E-state index in [-0.39, 0.29) is 22.9 Å². The number of carbonyl (C=O) groups excluding carboxylic acids is 2. The number of carbonyl (C=O) groups is 2. The number of hydrogen-bond acceptors (Lipinski definition) is 4. The van der Waals surface area contributed by atoms with Crippen LogP contribution in [0.15, 0.2) is 63.3 Å². The first-order valence-electron chi connectivity index (χ1n) is 10.1. The van der Waals surface area contributed by atoms with Gasteiger partial charge in [0.2, 0.25) is 5.91 Å². The van der Waals surface area contributed by atoms with Gasteiger partial charge >= 0.3 is 0 Å². The van der Waals surface area contributed by atoms with Gasteiger partial charge in [-0.05, 0) is 64.5 Å². The Hall–Kier alpha value is -2.67. The van der Waals surface area contributed by atoms with Gasteiger partial charge in [-0.25, -0.2) is 9.37 Å². The number of hydrogen-bond donors (Lipinski definition) is 1. The van der Waals surface area contributed by atoms with Gasteiger partial charge in [0.15, 0.2) is 5.78 Å². The van der Waals surface area contributed by atoms with Gasteiger partial charge < -0.3 is 5.32 Å². The summed E-state index contributed by atoms with van der Waals surface area (Å²) < 4.78 is 14.4. The molecule has 7 heteroatoms. The molecule has 2 aromatic rings. The van der Waals surface area contributed by atoms with Crippen LogP contribution in [-0.2, 0) is 9.59 Å². The molecule has 31 heavy (non-hydrogen) atoms. The smallest absolute Gasteiger partial charge is 0.235 e. The molecule has 0 spiro atoms. The lowest BCUT2D eigenvalue weighted by molar-refractivity contribution is -0.119. The van der Waals surface area contributed by atoms with Crippen molar-refractivity contribution in [3.05, 3.63) is 69.7 Å². The molecule has 1 unspecified atom stereocenters. The van der Waals surface area contributed by atoms with Crippen LogP contribution in [0, 0.1) is 17.2 Å². The third-order valence-electron chi connectivity index (χ3n) is 5.79. The van der Waals surface area contributed by atoms with E-state index in [1.807, 2.05) is 20.8 Å². The zero-order chi connectivity index (χ0) is 22.3. The van der Waals surface area contributed by atoms with Gasteiger partial charge in [0.05, 0.1) is 5.92 Å². The van der Waals surface area contributed by atoms with E-state index in [2.05, 4.69) is 26.2 Å². The first-order valence-corrected chi connectivity index (χ1v) is 10.9. The second-order valence-electron chi connectivity index (χ2n) is 8.91. The molecule has 1 amide bonds. The lowest BCUT2D eigenvalue weighted by Crippen LogP contribution is -2.41. The van der Waals surface area contributed by atoms with Crippen molar-refractivity contribution in [1.82, 2.24) is 4.98 Å². The third-order valence-corrected chi connectivity index (χ3v) is 6.26. The number of amides is 1. The Kier molecular flexibility index (Phi) is 5.64. The number of ketones is 1. The lowest BCUT2D eigenvalue weighted by Gasteiger charge is -2.39. The highest BCUT2D eigenvalue weighted by Crippen LogP contribution is 2.47. The van der Waals surface area contributed by atoms with Crippen molar-refractivity contribution < 1.29 is 14.0 Å². The largest absolute Gasteiger partial charge is 0.310 e. The molecular weight excluding hydrogens is 461 g/mol. The Labute approximate surface area is 189 Å². The first-order chi connectivity index (χ1) is 14.6. The van der Waals surface area contributed by atoms with Gasteiger partial charge in [-0.2, -0.15) is 0 Å². The maximum atomic E-state index is 13.6. The fourth-order valence-corrected chi connectivity index (χ4v) is 4.70. The van der Waals surface area contributed by atoms with Gasteiger partial charge in [-0.1, -0.05) is 26.0 Å². The molecule has 1 aromatic heterocycles. The maximum Gasteiger partial charge on any atom is 0.235 e. The summed E-state index contributed by atoms with van der Waals surface area (Å²) in [6, 6.07) is 9.50. The zero-order valence-corrected chi connectivity index (χ0v) is 19.2. The van der Waals surface area contributed by atoms with Crippen LogP contribution >= 0.6 is 15.9 Å². The maximum absolute atomic E-state index is 13.6. The van der Waals surface area contributed by atoms with Gasteiger partial charge in [0.1, 0.15) is 11.6 Å².